The molecule has 3 aliphatic rings. The predicted molar refractivity (Wildman–Crippen MR) is 120 cm³/mol. The first-order valence-corrected chi connectivity index (χ1v) is 12.3. The molecule has 3 heterocycles. The molecule has 0 bridgehead atoms. The van der Waals surface area contributed by atoms with E-state index in [0.29, 0.717) is 37.1 Å². The van der Waals surface area contributed by atoms with E-state index in [2.05, 4.69) is 25.0 Å². The van der Waals surface area contributed by atoms with E-state index in [4.69, 9.17) is 9.15 Å². The first-order valence-electron chi connectivity index (χ1n) is 12.3. The molecule has 32 heavy (non-hydrogen) atoms. The highest BCUT2D eigenvalue weighted by atomic mass is 16.5. The number of nitrogens with one attached hydrogen (secondary N) is 1. The highest BCUT2D eigenvalue weighted by Gasteiger charge is 2.23. The summed E-state index contributed by atoms with van der Waals surface area (Å²) in [5.41, 5.74) is 0.376. The van der Waals surface area contributed by atoms with Crippen molar-refractivity contribution in [3.63, 3.8) is 0 Å². The number of aliphatic hydroxyl groups excluding tert-OH is 1. The second-order valence-electron chi connectivity index (χ2n) is 9.48. The molecule has 1 unspecified atom stereocenters. The molecular formula is C23H39N5O4. The molecule has 9 nitrogen and oxygen atoms in total. The van der Waals surface area contributed by atoms with Crippen LogP contribution in [0.5, 0.6) is 0 Å². The summed E-state index contributed by atoms with van der Waals surface area (Å²) in [6.07, 6.45) is 7.43. The minimum Gasteiger partial charge on any atom is -0.447 e. The number of hydrogen-bond donors (Lipinski definition) is 2. The van der Waals surface area contributed by atoms with E-state index in [0.717, 1.165) is 59.0 Å². The Bertz CT molecular complexity index is 694. The first kappa shape index (κ1) is 23.6. The van der Waals surface area contributed by atoms with E-state index < -0.39 is 0 Å². The second kappa shape index (κ2) is 12.1. The van der Waals surface area contributed by atoms with Crippen molar-refractivity contribution in [1.29, 1.82) is 0 Å². The SMILES string of the molecule is O=C(NCC1CCCCC1)c1coc(CN2CCN(CC(O)CN3CCOCC3)CC2)n1. The summed E-state index contributed by atoms with van der Waals surface area (Å²) in [6.45, 7) is 9.72. The Morgan fingerprint density at radius 1 is 1.03 bits per heavy atom. The lowest BCUT2D eigenvalue weighted by Crippen LogP contribution is -2.50. The molecule has 1 amide bonds. The van der Waals surface area contributed by atoms with Crippen LogP contribution < -0.4 is 5.32 Å². The number of morpholine rings is 1. The van der Waals surface area contributed by atoms with Crippen molar-refractivity contribution in [3.8, 4) is 0 Å². The van der Waals surface area contributed by atoms with E-state index >= 15 is 0 Å². The number of carbonyl (C=O) groups excluding carboxylic acids is 1. The first-order chi connectivity index (χ1) is 15.7. The molecule has 2 saturated heterocycles. The summed E-state index contributed by atoms with van der Waals surface area (Å²) >= 11 is 0. The van der Waals surface area contributed by atoms with Gasteiger partial charge in [-0.1, -0.05) is 19.3 Å². The van der Waals surface area contributed by atoms with Gasteiger partial charge in [0.15, 0.2) is 5.69 Å². The van der Waals surface area contributed by atoms with Crippen LogP contribution in [0.2, 0.25) is 0 Å². The number of carbonyl (C=O) groups is 1. The maximum Gasteiger partial charge on any atom is 0.273 e. The zero-order valence-electron chi connectivity index (χ0n) is 19.2. The monoisotopic (exact) mass is 449 g/mol. The van der Waals surface area contributed by atoms with Gasteiger partial charge in [0.25, 0.3) is 5.91 Å². The Morgan fingerprint density at radius 2 is 1.69 bits per heavy atom. The van der Waals surface area contributed by atoms with Crippen LogP contribution >= 0.6 is 0 Å². The number of piperazine rings is 1. The number of amides is 1. The smallest absolute Gasteiger partial charge is 0.273 e. The van der Waals surface area contributed by atoms with Gasteiger partial charge in [0.1, 0.15) is 6.26 Å². The van der Waals surface area contributed by atoms with Crippen LogP contribution in [0.3, 0.4) is 0 Å². The van der Waals surface area contributed by atoms with Crippen LogP contribution in [-0.2, 0) is 11.3 Å². The van der Waals surface area contributed by atoms with E-state index in [1.54, 1.807) is 0 Å². The molecule has 0 spiro atoms. The molecule has 180 valence electrons. The molecule has 2 N–H and O–H groups in total. The summed E-state index contributed by atoms with van der Waals surface area (Å²) in [6, 6.07) is 0. The lowest BCUT2D eigenvalue weighted by molar-refractivity contribution is 0.00187. The van der Waals surface area contributed by atoms with Crippen molar-refractivity contribution in [2.75, 3.05) is 72.1 Å². The molecule has 3 fully saturated rings. The third-order valence-electron chi connectivity index (χ3n) is 6.93. The third kappa shape index (κ3) is 7.25. The number of nitrogens with zero attached hydrogens (tertiary/aromatic N) is 4. The molecule has 1 aromatic rings. The summed E-state index contributed by atoms with van der Waals surface area (Å²) in [4.78, 5) is 23.7. The molecule has 1 aromatic heterocycles. The van der Waals surface area contributed by atoms with Crippen molar-refractivity contribution in [2.24, 2.45) is 5.92 Å². The average Bonchev–Trinajstić information content (AvgIpc) is 3.29. The molecular weight excluding hydrogens is 410 g/mol. The Balaban J connectivity index is 1.13. The van der Waals surface area contributed by atoms with Gasteiger partial charge in [-0.15, -0.1) is 0 Å². The van der Waals surface area contributed by atoms with Gasteiger partial charge in [-0.05, 0) is 18.8 Å². The molecule has 2 aliphatic heterocycles. The quantitative estimate of drug-likeness (QED) is 0.572. The number of aromatic nitrogens is 1. The van der Waals surface area contributed by atoms with Gasteiger partial charge < -0.3 is 19.6 Å². The fraction of sp³-hybridized carbons (Fsp3) is 0.826. The molecule has 1 atom stereocenters. The van der Waals surface area contributed by atoms with Crippen LogP contribution in [0.4, 0.5) is 0 Å². The summed E-state index contributed by atoms with van der Waals surface area (Å²) in [5, 5.41) is 13.5. The zero-order valence-corrected chi connectivity index (χ0v) is 19.2. The van der Waals surface area contributed by atoms with Crippen molar-refractivity contribution in [2.45, 2.75) is 44.8 Å². The van der Waals surface area contributed by atoms with E-state index in [1.807, 2.05) is 0 Å². The third-order valence-corrected chi connectivity index (χ3v) is 6.93. The Morgan fingerprint density at radius 3 is 2.41 bits per heavy atom. The predicted octanol–water partition coefficient (Wildman–Crippen LogP) is 0.795. The topological polar surface area (TPSA) is 94.3 Å². The molecule has 1 aliphatic carbocycles. The fourth-order valence-corrected chi connectivity index (χ4v) is 4.97. The summed E-state index contributed by atoms with van der Waals surface area (Å²) in [5.74, 6) is 1.06. The Kier molecular flexibility index (Phi) is 8.93. The maximum atomic E-state index is 12.4. The van der Waals surface area contributed by atoms with Gasteiger partial charge in [-0.25, -0.2) is 4.98 Å². The lowest BCUT2D eigenvalue weighted by atomic mass is 9.89. The van der Waals surface area contributed by atoms with Gasteiger partial charge >= 0.3 is 0 Å². The Labute approximate surface area is 191 Å². The highest BCUT2D eigenvalue weighted by Crippen LogP contribution is 2.22. The van der Waals surface area contributed by atoms with Crippen LogP contribution in [-0.4, -0.2) is 109 Å². The normalized spacial score (nSPS) is 23.3. The molecule has 1 saturated carbocycles. The minimum atomic E-state index is -0.332. The number of β-amino-alcohol motifs (C(OH)–C–C–N with tert-alkyl or cyclic N) is 1. The summed E-state index contributed by atoms with van der Waals surface area (Å²) < 4.78 is 10.9. The van der Waals surface area contributed by atoms with Crippen LogP contribution in [0.15, 0.2) is 10.7 Å². The molecule has 0 aromatic carbocycles. The van der Waals surface area contributed by atoms with Crippen LogP contribution in [0, 0.1) is 5.92 Å². The second-order valence-corrected chi connectivity index (χ2v) is 9.48. The Hall–Kier alpha value is -1.52. The molecule has 4 rings (SSSR count). The largest absolute Gasteiger partial charge is 0.447 e. The summed E-state index contributed by atoms with van der Waals surface area (Å²) in [7, 11) is 0. The molecule has 0 radical (unpaired) electrons. The van der Waals surface area contributed by atoms with Crippen molar-refractivity contribution >= 4 is 5.91 Å². The van der Waals surface area contributed by atoms with Crippen molar-refractivity contribution in [1.82, 2.24) is 25.0 Å². The van der Waals surface area contributed by atoms with Crippen LogP contribution in [0.25, 0.3) is 0 Å². The van der Waals surface area contributed by atoms with Crippen LogP contribution in [0.1, 0.15) is 48.5 Å². The van der Waals surface area contributed by atoms with Gasteiger partial charge in [0.2, 0.25) is 5.89 Å². The van der Waals surface area contributed by atoms with Gasteiger partial charge in [-0.2, -0.15) is 0 Å². The highest BCUT2D eigenvalue weighted by molar-refractivity contribution is 5.91. The van der Waals surface area contributed by atoms with Crippen molar-refractivity contribution in [3.05, 3.63) is 17.8 Å². The fourth-order valence-electron chi connectivity index (χ4n) is 4.97. The number of rotatable bonds is 9. The number of hydrogen-bond acceptors (Lipinski definition) is 8. The van der Waals surface area contributed by atoms with Crippen molar-refractivity contribution < 1.29 is 19.1 Å². The number of oxazole rings is 1. The van der Waals surface area contributed by atoms with Gasteiger partial charge in [-0.3, -0.25) is 19.5 Å². The maximum absolute atomic E-state index is 12.4. The van der Waals surface area contributed by atoms with Gasteiger partial charge in [0.05, 0.1) is 25.9 Å². The van der Waals surface area contributed by atoms with E-state index in [1.165, 1.54) is 38.4 Å². The molecule has 9 heteroatoms. The van der Waals surface area contributed by atoms with E-state index in [-0.39, 0.29) is 12.0 Å². The zero-order chi connectivity index (χ0) is 22.2. The average molecular weight is 450 g/mol. The lowest BCUT2D eigenvalue weighted by Gasteiger charge is -2.36. The number of ether oxygens (including phenoxy) is 1. The van der Waals surface area contributed by atoms with Gasteiger partial charge in [0, 0.05) is 58.9 Å². The van der Waals surface area contributed by atoms with E-state index in [9.17, 15) is 9.90 Å². The standard InChI is InChI=1S/C23H39N5O4/c29-20(16-28-10-12-31-13-11-28)15-26-6-8-27(9-7-26)17-22-25-21(18-32-22)23(30)24-14-19-4-2-1-3-5-19/h18-20,29H,1-17H2,(H,24,30). The minimum absolute atomic E-state index is 0.135. The number of aliphatic hydroxyl groups is 1.